The van der Waals surface area contributed by atoms with Gasteiger partial charge in [0, 0.05) is 16.5 Å². The number of rotatable bonds is 11. The van der Waals surface area contributed by atoms with Crippen LogP contribution in [0.3, 0.4) is 0 Å². The highest BCUT2D eigenvalue weighted by Gasteiger charge is 1.99. The maximum Gasteiger partial charge on any atom is 0.286 e. The van der Waals surface area contributed by atoms with Gasteiger partial charge in [0.05, 0.1) is 0 Å². The van der Waals surface area contributed by atoms with Crippen molar-refractivity contribution < 1.29 is 9.90 Å². The zero-order valence-corrected chi connectivity index (χ0v) is 13.1. The molecule has 116 valence electrons. The molecule has 1 rings (SSSR count). The van der Waals surface area contributed by atoms with Crippen molar-refractivity contribution in [1.29, 1.82) is 0 Å². The third kappa shape index (κ3) is 9.24. The van der Waals surface area contributed by atoms with E-state index in [0.717, 1.165) is 25.0 Å². The van der Waals surface area contributed by atoms with Gasteiger partial charge in [-0.05, 0) is 42.9 Å². The first kappa shape index (κ1) is 17.7. The van der Waals surface area contributed by atoms with Gasteiger partial charge in [0.1, 0.15) is 5.75 Å². The quantitative estimate of drug-likeness (QED) is 0.359. The van der Waals surface area contributed by atoms with E-state index >= 15 is 0 Å². The molecule has 1 aromatic rings. The average molecular weight is 309 g/mol. The van der Waals surface area contributed by atoms with Crippen LogP contribution < -0.4 is 0 Å². The van der Waals surface area contributed by atoms with E-state index in [4.69, 9.17) is 0 Å². The third-order valence-electron chi connectivity index (χ3n) is 3.24. The highest BCUT2D eigenvalue weighted by Crippen LogP contribution is 2.22. The number of thioether (sulfide) groups is 1. The second-order valence-corrected chi connectivity index (χ2v) is 6.22. The van der Waals surface area contributed by atoms with Crippen LogP contribution in [0.2, 0.25) is 0 Å². The molecule has 1 N–H and O–H groups in total. The number of carbonyl (C=O) groups excluding carboxylic acids is 1. The number of nitrogens with zero attached hydrogens (tertiary/aromatic N) is 1. The van der Waals surface area contributed by atoms with Crippen molar-refractivity contribution >= 4 is 17.7 Å². The monoisotopic (exact) mass is 309 g/mol. The Hall–Kier alpha value is -1.36. The molecule has 0 aromatic heterocycles. The molecule has 1 amide bonds. The summed E-state index contributed by atoms with van der Waals surface area (Å²) in [5, 5.41) is 11.6. The first-order chi connectivity index (χ1) is 10.2. The van der Waals surface area contributed by atoms with Crippen molar-refractivity contribution in [3.05, 3.63) is 29.2 Å². The first-order valence-electron chi connectivity index (χ1n) is 7.50. The number of phenols is 1. The van der Waals surface area contributed by atoms with Crippen molar-refractivity contribution in [2.24, 2.45) is 5.18 Å². The second kappa shape index (κ2) is 11.3. The summed E-state index contributed by atoms with van der Waals surface area (Å²) in [6, 6.07) is 7.31. The number of hydrogen-bond acceptors (Lipinski definition) is 4. The van der Waals surface area contributed by atoms with E-state index in [-0.39, 0.29) is 0 Å². The van der Waals surface area contributed by atoms with Crippen molar-refractivity contribution in [3.63, 3.8) is 0 Å². The largest absolute Gasteiger partial charge is 0.508 e. The van der Waals surface area contributed by atoms with Gasteiger partial charge in [0.15, 0.2) is 0 Å². The molecule has 0 bridgehead atoms. The topological polar surface area (TPSA) is 66.7 Å². The summed E-state index contributed by atoms with van der Waals surface area (Å²) < 4.78 is 0. The van der Waals surface area contributed by atoms with Crippen LogP contribution in [-0.2, 0) is 4.79 Å². The fourth-order valence-electron chi connectivity index (χ4n) is 2.04. The predicted octanol–water partition coefficient (Wildman–Crippen LogP) is 4.90. The van der Waals surface area contributed by atoms with Crippen LogP contribution in [0.4, 0.5) is 0 Å². The summed E-state index contributed by atoms with van der Waals surface area (Å²) in [4.78, 5) is 21.7. The lowest BCUT2D eigenvalue weighted by Gasteiger charge is -2.03. The fourth-order valence-corrected chi connectivity index (χ4v) is 2.95. The summed E-state index contributed by atoms with van der Waals surface area (Å²) in [6.07, 6.45) is 8.02. The molecule has 0 aliphatic carbocycles. The van der Waals surface area contributed by atoms with Gasteiger partial charge in [-0.1, -0.05) is 32.1 Å². The van der Waals surface area contributed by atoms with Gasteiger partial charge in [0.25, 0.3) is 5.91 Å². The maximum atomic E-state index is 10.7. The molecule has 0 saturated heterocycles. The minimum Gasteiger partial charge on any atom is -0.508 e. The minimum absolute atomic E-state index is 0.298. The molecule has 0 heterocycles. The van der Waals surface area contributed by atoms with E-state index in [9.17, 15) is 14.8 Å². The van der Waals surface area contributed by atoms with Gasteiger partial charge in [0.2, 0.25) is 0 Å². The Morgan fingerprint density at radius 2 is 1.52 bits per heavy atom. The standard InChI is InChI=1S/C16H23NO3S/c18-14-9-11-15(12-10-14)21-13-7-5-3-1-2-4-6-8-16(19)17-20/h9-12,18H,1-8,13H2. The SMILES string of the molecule is O=NC(=O)CCCCCCCCCSc1ccc(O)cc1. The Morgan fingerprint density at radius 3 is 2.14 bits per heavy atom. The van der Waals surface area contributed by atoms with Crippen LogP contribution in [0.5, 0.6) is 5.75 Å². The number of nitroso groups, excluding NO2 is 1. The molecular weight excluding hydrogens is 286 g/mol. The molecule has 0 aliphatic heterocycles. The molecule has 0 unspecified atom stereocenters. The summed E-state index contributed by atoms with van der Waals surface area (Å²) in [5.41, 5.74) is 0. The maximum absolute atomic E-state index is 10.7. The summed E-state index contributed by atoms with van der Waals surface area (Å²) in [5.74, 6) is 0.885. The predicted molar refractivity (Wildman–Crippen MR) is 86.6 cm³/mol. The molecule has 0 spiro atoms. The Bertz CT molecular complexity index is 420. The molecular formula is C16H23NO3S. The van der Waals surface area contributed by atoms with E-state index in [2.05, 4.69) is 5.18 Å². The molecule has 0 saturated carbocycles. The average Bonchev–Trinajstić information content (AvgIpc) is 2.50. The fraction of sp³-hybridized carbons (Fsp3) is 0.562. The van der Waals surface area contributed by atoms with Crippen molar-refractivity contribution in [2.75, 3.05) is 5.75 Å². The van der Waals surface area contributed by atoms with Crippen molar-refractivity contribution in [1.82, 2.24) is 0 Å². The van der Waals surface area contributed by atoms with E-state index in [1.54, 1.807) is 12.1 Å². The van der Waals surface area contributed by atoms with E-state index < -0.39 is 5.91 Å². The van der Waals surface area contributed by atoms with E-state index in [1.165, 1.54) is 30.6 Å². The lowest BCUT2D eigenvalue weighted by Crippen LogP contribution is -1.91. The number of aromatic hydroxyl groups is 1. The third-order valence-corrected chi connectivity index (χ3v) is 4.34. The molecule has 0 atom stereocenters. The zero-order valence-electron chi connectivity index (χ0n) is 12.3. The molecule has 5 heteroatoms. The van der Waals surface area contributed by atoms with Crippen LogP contribution in [0.1, 0.15) is 51.4 Å². The second-order valence-electron chi connectivity index (χ2n) is 5.05. The lowest BCUT2D eigenvalue weighted by molar-refractivity contribution is -0.118. The molecule has 0 aliphatic rings. The molecule has 0 radical (unpaired) electrons. The van der Waals surface area contributed by atoms with Gasteiger partial charge >= 0.3 is 0 Å². The number of hydrogen-bond donors (Lipinski definition) is 1. The molecule has 4 nitrogen and oxygen atoms in total. The Morgan fingerprint density at radius 1 is 0.952 bits per heavy atom. The normalized spacial score (nSPS) is 10.5. The van der Waals surface area contributed by atoms with Crippen LogP contribution in [-0.4, -0.2) is 16.8 Å². The van der Waals surface area contributed by atoms with Gasteiger partial charge in [-0.2, -0.15) is 0 Å². The molecule has 1 aromatic carbocycles. The zero-order chi connectivity index (χ0) is 15.3. The Labute approximate surface area is 130 Å². The van der Waals surface area contributed by atoms with Crippen molar-refractivity contribution in [2.45, 2.75) is 56.3 Å². The molecule has 21 heavy (non-hydrogen) atoms. The number of carbonyl (C=O) groups is 1. The summed E-state index contributed by atoms with van der Waals surface area (Å²) in [6.45, 7) is 0. The Balaban J connectivity index is 1.87. The smallest absolute Gasteiger partial charge is 0.286 e. The van der Waals surface area contributed by atoms with Gasteiger partial charge < -0.3 is 5.11 Å². The summed E-state index contributed by atoms with van der Waals surface area (Å²) in [7, 11) is 0. The molecule has 0 fully saturated rings. The minimum atomic E-state index is -0.527. The van der Waals surface area contributed by atoms with Crippen molar-refractivity contribution in [3.8, 4) is 5.75 Å². The van der Waals surface area contributed by atoms with Crippen LogP contribution >= 0.6 is 11.8 Å². The van der Waals surface area contributed by atoms with Crippen LogP contribution in [0.25, 0.3) is 0 Å². The van der Waals surface area contributed by atoms with Gasteiger partial charge in [-0.15, -0.1) is 16.7 Å². The van der Waals surface area contributed by atoms with Gasteiger partial charge in [-0.3, -0.25) is 4.79 Å². The number of phenolic OH excluding ortho intramolecular Hbond substituents is 1. The number of unbranched alkanes of at least 4 members (excludes halogenated alkanes) is 6. The van der Waals surface area contributed by atoms with Crippen LogP contribution in [0.15, 0.2) is 34.3 Å². The highest BCUT2D eigenvalue weighted by atomic mass is 32.2. The Kier molecular flexibility index (Phi) is 9.53. The lowest BCUT2D eigenvalue weighted by atomic mass is 10.1. The number of benzene rings is 1. The van der Waals surface area contributed by atoms with E-state index in [0.29, 0.717) is 12.2 Å². The van der Waals surface area contributed by atoms with E-state index in [1.807, 2.05) is 23.9 Å². The summed E-state index contributed by atoms with van der Waals surface area (Å²) >= 11 is 1.82. The number of amides is 1. The first-order valence-corrected chi connectivity index (χ1v) is 8.49. The van der Waals surface area contributed by atoms with Crippen LogP contribution in [0, 0.1) is 4.91 Å². The highest BCUT2D eigenvalue weighted by molar-refractivity contribution is 7.99. The van der Waals surface area contributed by atoms with Gasteiger partial charge in [-0.25, -0.2) is 0 Å².